The first kappa shape index (κ1) is 21.5. The smallest absolute Gasteiger partial charge is 0.410 e. The second-order valence-corrected chi connectivity index (χ2v) is 7.24. The summed E-state index contributed by atoms with van der Waals surface area (Å²) in [6, 6.07) is 6.74. The minimum Gasteiger partial charge on any atom is -0.465 e. The molecule has 0 spiro atoms. The van der Waals surface area contributed by atoms with Gasteiger partial charge < -0.3 is 15.3 Å². The van der Waals surface area contributed by atoms with Gasteiger partial charge in [0.05, 0.1) is 0 Å². The lowest BCUT2D eigenvalue weighted by Crippen LogP contribution is -2.39. The highest BCUT2D eigenvalue weighted by Crippen LogP contribution is 2.23. The number of carbonyl (C=O) groups is 2. The van der Waals surface area contributed by atoms with Crippen LogP contribution >= 0.6 is 0 Å². The molecular weight excluding hydrogens is 394 g/mol. The van der Waals surface area contributed by atoms with Crippen LogP contribution in [0.15, 0.2) is 36.5 Å². The van der Waals surface area contributed by atoms with Crippen molar-refractivity contribution in [3.8, 4) is 11.1 Å². The van der Waals surface area contributed by atoms with Gasteiger partial charge in [-0.25, -0.2) is 23.4 Å². The maximum absolute atomic E-state index is 13.0. The molecule has 3 N–H and O–H groups in total. The number of carbonyl (C=O) groups excluding carboxylic acids is 1. The van der Waals surface area contributed by atoms with Crippen LogP contribution in [-0.4, -0.2) is 46.2 Å². The summed E-state index contributed by atoms with van der Waals surface area (Å²) in [7, 11) is 0. The maximum atomic E-state index is 13.0. The lowest BCUT2D eigenvalue weighted by atomic mass is 9.94. The Bertz CT molecular complexity index is 866. The van der Waals surface area contributed by atoms with E-state index in [1.807, 2.05) is 4.90 Å². The largest absolute Gasteiger partial charge is 0.465 e. The molecule has 1 aliphatic carbocycles. The second kappa shape index (κ2) is 10.00. The fraction of sp³-hybridized carbons (Fsp3) is 0.381. The molecule has 160 valence electrons. The summed E-state index contributed by atoms with van der Waals surface area (Å²) in [6.07, 6.45) is 6.49. The molecule has 7 nitrogen and oxygen atoms in total. The molecule has 0 atom stereocenters. The zero-order chi connectivity index (χ0) is 21.5. The maximum Gasteiger partial charge on any atom is 0.410 e. The molecule has 2 aliphatic rings. The summed E-state index contributed by atoms with van der Waals surface area (Å²) in [5.41, 5.74) is 0.825. The van der Waals surface area contributed by atoms with Crippen molar-refractivity contribution >= 4 is 17.9 Å². The molecule has 0 unspecified atom stereocenters. The minimum absolute atomic E-state index is 0.142. The topological polar surface area (TPSA) is 94.6 Å². The third-order valence-corrected chi connectivity index (χ3v) is 5.10. The Morgan fingerprint density at radius 1 is 1.10 bits per heavy atom. The normalized spacial score (nSPS) is 16.5. The number of aromatic nitrogens is 1. The standard InChI is InChI=1S/C12H8F2N2O2.C9H16N2O/c13-9-3-8(4-10(14)5-9)7-1-2-11(15-6-7)16-12(17)18;12-9-10-6-7-11(9)8-4-2-1-3-5-8/h1-6H,(H,15,16)(H,17,18);8H,1-7H2,(H,10,12). The van der Waals surface area contributed by atoms with E-state index in [-0.39, 0.29) is 11.8 Å². The quantitative estimate of drug-likeness (QED) is 0.686. The summed E-state index contributed by atoms with van der Waals surface area (Å²) in [6.45, 7) is 1.76. The van der Waals surface area contributed by atoms with Crippen molar-refractivity contribution in [3.63, 3.8) is 0 Å². The molecule has 0 radical (unpaired) electrons. The predicted octanol–water partition coefficient (Wildman–Crippen LogP) is 4.46. The minimum atomic E-state index is -1.23. The molecule has 1 saturated heterocycles. The van der Waals surface area contributed by atoms with E-state index in [4.69, 9.17) is 5.11 Å². The number of anilines is 1. The van der Waals surface area contributed by atoms with Crippen LogP contribution in [0.1, 0.15) is 32.1 Å². The number of nitrogens with zero attached hydrogens (tertiary/aromatic N) is 2. The Kier molecular flexibility index (Phi) is 7.16. The van der Waals surface area contributed by atoms with Crippen LogP contribution in [-0.2, 0) is 0 Å². The fourth-order valence-corrected chi connectivity index (χ4v) is 3.70. The van der Waals surface area contributed by atoms with E-state index >= 15 is 0 Å². The lowest BCUT2D eigenvalue weighted by Gasteiger charge is -2.29. The van der Waals surface area contributed by atoms with Crippen molar-refractivity contribution in [3.05, 3.63) is 48.2 Å². The molecule has 2 heterocycles. The number of halogens is 2. The van der Waals surface area contributed by atoms with E-state index in [2.05, 4.69) is 15.6 Å². The molecule has 3 amide bonds. The molecule has 2 aromatic rings. The first-order chi connectivity index (χ1) is 14.4. The van der Waals surface area contributed by atoms with Gasteiger partial charge in [-0.1, -0.05) is 19.3 Å². The van der Waals surface area contributed by atoms with Gasteiger partial charge in [-0.05, 0) is 42.7 Å². The molecule has 4 rings (SSSR count). The highest BCUT2D eigenvalue weighted by atomic mass is 19.1. The van der Waals surface area contributed by atoms with Crippen LogP contribution in [0.25, 0.3) is 11.1 Å². The van der Waals surface area contributed by atoms with Crippen molar-refractivity contribution in [2.45, 2.75) is 38.1 Å². The Balaban J connectivity index is 0.000000184. The van der Waals surface area contributed by atoms with Gasteiger partial charge in [0.25, 0.3) is 0 Å². The van der Waals surface area contributed by atoms with Crippen LogP contribution < -0.4 is 10.6 Å². The molecule has 2 fully saturated rings. The number of rotatable bonds is 3. The Labute approximate surface area is 173 Å². The lowest BCUT2D eigenvalue weighted by molar-refractivity contribution is 0.179. The van der Waals surface area contributed by atoms with Gasteiger partial charge in [-0.15, -0.1) is 0 Å². The van der Waals surface area contributed by atoms with E-state index in [1.165, 1.54) is 62.6 Å². The summed E-state index contributed by atoms with van der Waals surface area (Å²) >= 11 is 0. The Morgan fingerprint density at radius 2 is 1.80 bits per heavy atom. The van der Waals surface area contributed by atoms with Crippen LogP contribution in [0.2, 0.25) is 0 Å². The SMILES string of the molecule is O=C(O)Nc1ccc(-c2cc(F)cc(F)c2)cn1.O=C1NCCN1C1CCCCC1. The molecule has 1 saturated carbocycles. The van der Waals surface area contributed by atoms with E-state index in [9.17, 15) is 18.4 Å². The summed E-state index contributed by atoms with van der Waals surface area (Å²) in [5, 5.41) is 13.4. The Hall–Kier alpha value is -3.23. The number of pyridine rings is 1. The highest BCUT2D eigenvalue weighted by Gasteiger charge is 2.28. The van der Waals surface area contributed by atoms with Gasteiger partial charge in [0.15, 0.2) is 0 Å². The van der Waals surface area contributed by atoms with Crippen molar-refractivity contribution in [2.24, 2.45) is 0 Å². The Morgan fingerprint density at radius 3 is 2.33 bits per heavy atom. The fourth-order valence-electron chi connectivity index (χ4n) is 3.70. The number of amides is 3. The number of benzene rings is 1. The van der Waals surface area contributed by atoms with Gasteiger partial charge in [0, 0.05) is 37.0 Å². The zero-order valence-corrected chi connectivity index (χ0v) is 16.4. The molecule has 1 aromatic carbocycles. The molecular formula is C21H24F2N4O3. The molecule has 1 aliphatic heterocycles. The van der Waals surface area contributed by atoms with Crippen molar-refractivity contribution in [2.75, 3.05) is 18.4 Å². The van der Waals surface area contributed by atoms with Gasteiger partial charge in [-0.3, -0.25) is 5.32 Å². The van der Waals surface area contributed by atoms with E-state index in [0.29, 0.717) is 17.2 Å². The molecule has 9 heteroatoms. The average molecular weight is 418 g/mol. The summed E-state index contributed by atoms with van der Waals surface area (Å²) in [4.78, 5) is 27.5. The van der Waals surface area contributed by atoms with Crippen LogP contribution in [0, 0.1) is 11.6 Å². The third-order valence-electron chi connectivity index (χ3n) is 5.10. The van der Waals surface area contributed by atoms with Crippen LogP contribution in [0.5, 0.6) is 0 Å². The average Bonchev–Trinajstić information content (AvgIpc) is 3.14. The summed E-state index contributed by atoms with van der Waals surface area (Å²) < 4.78 is 26.0. The second-order valence-electron chi connectivity index (χ2n) is 7.24. The van der Waals surface area contributed by atoms with E-state index < -0.39 is 17.7 Å². The molecule has 0 bridgehead atoms. The predicted molar refractivity (Wildman–Crippen MR) is 108 cm³/mol. The van der Waals surface area contributed by atoms with Crippen molar-refractivity contribution < 1.29 is 23.5 Å². The van der Waals surface area contributed by atoms with Crippen LogP contribution in [0.3, 0.4) is 0 Å². The first-order valence-electron chi connectivity index (χ1n) is 9.89. The van der Waals surface area contributed by atoms with E-state index in [1.54, 1.807) is 0 Å². The number of hydrogen-bond donors (Lipinski definition) is 3. The monoisotopic (exact) mass is 418 g/mol. The number of carboxylic acid groups (broad SMARTS) is 1. The van der Waals surface area contributed by atoms with Crippen molar-refractivity contribution in [1.29, 1.82) is 0 Å². The van der Waals surface area contributed by atoms with Gasteiger partial charge in [-0.2, -0.15) is 0 Å². The zero-order valence-electron chi connectivity index (χ0n) is 16.4. The highest BCUT2D eigenvalue weighted by molar-refractivity contribution is 5.81. The third kappa shape index (κ3) is 5.88. The molecule has 30 heavy (non-hydrogen) atoms. The molecule has 1 aromatic heterocycles. The van der Waals surface area contributed by atoms with E-state index in [0.717, 1.165) is 19.2 Å². The van der Waals surface area contributed by atoms with Crippen molar-refractivity contribution in [1.82, 2.24) is 15.2 Å². The number of urea groups is 1. The summed E-state index contributed by atoms with van der Waals surface area (Å²) in [5.74, 6) is -1.22. The van der Waals surface area contributed by atoms with Gasteiger partial charge >= 0.3 is 12.1 Å². The van der Waals surface area contributed by atoms with Gasteiger partial charge in [0.1, 0.15) is 17.5 Å². The van der Waals surface area contributed by atoms with Gasteiger partial charge in [0.2, 0.25) is 0 Å². The number of hydrogen-bond acceptors (Lipinski definition) is 3. The first-order valence-corrected chi connectivity index (χ1v) is 9.89. The van der Waals surface area contributed by atoms with Crippen LogP contribution in [0.4, 0.5) is 24.2 Å². The number of nitrogens with one attached hydrogen (secondary N) is 2.